The van der Waals surface area contributed by atoms with E-state index in [2.05, 4.69) is 12.2 Å². The molecule has 0 aromatic heterocycles. The van der Waals surface area contributed by atoms with Gasteiger partial charge in [0.05, 0.1) is 33.0 Å². The Bertz CT molecular complexity index is 80.9. The summed E-state index contributed by atoms with van der Waals surface area (Å²) < 4.78 is 10.3. The molecule has 13 heavy (non-hydrogen) atoms. The number of aliphatic hydroxyl groups excluding tert-OH is 1. The van der Waals surface area contributed by atoms with Gasteiger partial charge in [-0.2, -0.15) is 0 Å². The molecule has 0 saturated heterocycles. The number of hydrogen-bond donors (Lipinski definition) is 2. The summed E-state index contributed by atoms with van der Waals surface area (Å²) in [6.45, 7) is 6.45. The average molecular weight is 191 g/mol. The molecule has 2 N–H and O–H groups in total. The smallest absolute Gasteiger partial charge is 0.0701 e. The van der Waals surface area contributed by atoms with E-state index < -0.39 is 0 Å². The Kier molecular flexibility index (Phi) is 11.7. The predicted molar refractivity (Wildman–Crippen MR) is 51.9 cm³/mol. The third-order valence-electron chi connectivity index (χ3n) is 1.46. The van der Waals surface area contributed by atoms with Gasteiger partial charge in [-0.3, -0.25) is 0 Å². The standard InChI is InChI=1S/C9H21NO3/c1-2-3-10-4-6-12-8-9-13-7-5-11/h10-11H,2-9H2,1H3. The van der Waals surface area contributed by atoms with Crippen LogP contribution < -0.4 is 5.32 Å². The summed E-state index contributed by atoms with van der Waals surface area (Å²) in [5, 5.41) is 11.6. The van der Waals surface area contributed by atoms with Gasteiger partial charge in [-0.1, -0.05) is 6.92 Å². The molecule has 80 valence electrons. The molecule has 0 rings (SSSR count). The molecular weight excluding hydrogens is 170 g/mol. The molecule has 4 nitrogen and oxygen atoms in total. The van der Waals surface area contributed by atoms with Crippen LogP contribution in [0.1, 0.15) is 13.3 Å². The van der Waals surface area contributed by atoms with Crippen LogP contribution in [0.25, 0.3) is 0 Å². The SMILES string of the molecule is CCCNCCOCCOCCO. The molecule has 0 aromatic carbocycles. The lowest BCUT2D eigenvalue weighted by atomic mass is 10.5. The minimum atomic E-state index is 0.0814. The topological polar surface area (TPSA) is 50.7 Å². The maximum Gasteiger partial charge on any atom is 0.0701 e. The highest BCUT2D eigenvalue weighted by molar-refractivity contribution is 4.43. The third kappa shape index (κ3) is 11.8. The van der Waals surface area contributed by atoms with Crippen LogP contribution in [0.2, 0.25) is 0 Å². The normalized spacial score (nSPS) is 10.6. The van der Waals surface area contributed by atoms with Crippen LogP contribution >= 0.6 is 0 Å². The van der Waals surface area contributed by atoms with Crippen LogP contribution in [0.5, 0.6) is 0 Å². The van der Waals surface area contributed by atoms with Crippen LogP contribution in [0.4, 0.5) is 0 Å². The molecule has 0 saturated carbocycles. The highest BCUT2D eigenvalue weighted by atomic mass is 16.5. The van der Waals surface area contributed by atoms with Crippen molar-refractivity contribution in [2.75, 3.05) is 46.1 Å². The third-order valence-corrected chi connectivity index (χ3v) is 1.46. The van der Waals surface area contributed by atoms with E-state index in [1.807, 2.05) is 0 Å². The summed E-state index contributed by atoms with van der Waals surface area (Å²) in [6, 6.07) is 0. The van der Waals surface area contributed by atoms with Gasteiger partial charge in [0.1, 0.15) is 0 Å². The minimum absolute atomic E-state index is 0.0814. The maximum absolute atomic E-state index is 8.39. The monoisotopic (exact) mass is 191 g/mol. The average Bonchev–Trinajstić information content (AvgIpc) is 2.16. The van der Waals surface area contributed by atoms with E-state index in [0.717, 1.165) is 26.1 Å². The molecule has 0 bridgehead atoms. The lowest BCUT2D eigenvalue weighted by Crippen LogP contribution is -2.21. The molecule has 0 radical (unpaired) electrons. The number of aliphatic hydroxyl groups is 1. The first kappa shape index (κ1) is 12.8. The molecule has 0 unspecified atom stereocenters. The van der Waals surface area contributed by atoms with Gasteiger partial charge in [-0.15, -0.1) is 0 Å². The molecule has 0 aliphatic heterocycles. The van der Waals surface area contributed by atoms with Crippen LogP contribution in [-0.4, -0.2) is 51.2 Å². The molecule has 0 atom stereocenters. The van der Waals surface area contributed by atoms with E-state index in [4.69, 9.17) is 14.6 Å². The Balaban J connectivity index is 2.76. The summed E-state index contributed by atoms with van der Waals surface area (Å²) in [7, 11) is 0. The summed E-state index contributed by atoms with van der Waals surface area (Å²) in [5.41, 5.74) is 0. The molecule has 0 aliphatic rings. The van der Waals surface area contributed by atoms with Crippen LogP contribution in [0.15, 0.2) is 0 Å². The van der Waals surface area contributed by atoms with Gasteiger partial charge in [0.15, 0.2) is 0 Å². The summed E-state index contributed by atoms with van der Waals surface area (Å²) >= 11 is 0. The molecular formula is C9H21NO3. The Morgan fingerprint density at radius 3 is 2.31 bits per heavy atom. The van der Waals surface area contributed by atoms with Gasteiger partial charge < -0.3 is 19.9 Å². The lowest BCUT2D eigenvalue weighted by Gasteiger charge is -2.05. The van der Waals surface area contributed by atoms with Crippen LogP contribution in [0, 0.1) is 0 Å². The van der Waals surface area contributed by atoms with E-state index in [9.17, 15) is 0 Å². The van der Waals surface area contributed by atoms with Gasteiger partial charge in [0.2, 0.25) is 0 Å². The van der Waals surface area contributed by atoms with Gasteiger partial charge in [-0.05, 0) is 13.0 Å². The first-order valence-corrected chi connectivity index (χ1v) is 4.89. The van der Waals surface area contributed by atoms with Crippen molar-refractivity contribution in [1.29, 1.82) is 0 Å². The fourth-order valence-corrected chi connectivity index (χ4v) is 0.833. The highest BCUT2D eigenvalue weighted by Gasteiger charge is 1.89. The van der Waals surface area contributed by atoms with Gasteiger partial charge in [0.25, 0.3) is 0 Å². The molecule has 0 heterocycles. The minimum Gasteiger partial charge on any atom is -0.394 e. The molecule has 0 amide bonds. The van der Waals surface area contributed by atoms with Gasteiger partial charge >= 0.3 is 0 Å². The second-order valence-corrected chi connectivity index (χ2v) is 2.70. The Morgan fingerprint density at radius 2 is 1.69 bits per heavy atom. The van der Waals surface area contributed by atoms with Crippen molar-refractivity contribution >= 4 is 0 Å². The van der Waals surface area contributed by atoms with Crippen molar-refractivity contribution in [3.63, 3.8) is 0 Å². The largest absolute Gasteiger partial charge is 0.394 e. The first-order valence-electron chi connectivity index (χ1n) is 4.89. The van der Waals surface area contributed by atoms with E-state index in [1.54, 1.807) is 0 Å². The number of rotatable bonds is 10. The zero-order valence-corrected chi connectivity index (χ0v) is 8.42. The lowest BCUT2D eigenvalue weighted by molar-refractivity contribution is 0.0340. The zero-order chi connectivity index (χ0) is 9.78. The van der Waals surface area contributed by atoms with Gasteiger partial charge in [0, 0.05) is 6.54 Å². The highest BCUT2D eigenvalue weighted by Crippen LogP contribution is 1.78. The van der Waals surface area contributed by atoms with Crippen molar-refractivity contribution in [1.82, 2.24) is 5.32 Å². The molecule has 0 fully saturated rings. The fourth-order valence-electron chi connectivity index (χ4n) is 0.833. The Morgan fingerprint density at radius 1 is 1.00 bits per heavy atom. The fraction of sp³-hybridized carbons (Fsp3) is 1.00. The molecule has 4 heteroatoms. The summed E-state index contributed by atoms with van der Waals surface area (Å²) in [6.07, 6.45) is 1.15. The van der Waals surface area contributed by atoms with E-state index in [-0.39, 0.29) is 6.61 Å². The quantitative estimate of drug-likeness (QED) is 0.478. The van der Waals surface area contributed by atoms with Crippen LogP contribution in [0.3, 0.4) is 0 Å². The summed E-state index contributed by atoms with van der Waals surface area (Å²) in [4.78, 5) is 0. The number of hydrogen-bond acceptors (Lipinski definition) is 4. The van der Waals surface area contributed by atoms with Gasteiger partial charge in [-0.25, -0.2) is 0 Å². The number of nitrogens with one attached hydrogen (secondary N) is 1. The van der Waals surface area contributed by atoms with Crippen LogP contribution in [-0.2, 0) is 9.47 Å². The molecule has 0 spiro atoms. The second-order valence-electron chi connectivity index (χ2n) is 2.70. The Hall–Kier alpha value is -0.160. The number of ether oxygens (including phenoxy) is 2. The van der Waals surface area contributed by atoms with Crippen molar-refractivity contribution in [2.45, 2.75) is 13.3 Å². The molecule has 0 aliphatic carbocycles. The van der Waals surface area contributed by atoms with E-state index in [0.29, 0.717) is 19.8 Å². The maximum atomic E-state index is 8.39. The second kappa shape index (κ2) is 11.8. The summed E-state index contributed by atoms with van der Waals surface area (Å²) in [5.74, 6) is 0. The predicted octanol–water partition coefficient (Wildman–Crippen LogP) is 0.0115. The Labute approximate surface area is 80.2 Å². The van der Waals surface area contributed by atoms with Crippen molar-refractivity contribution in [2.24, 2.45) is 0 Å². The zero-order valence-electron chi connectivity index (χ0n) is 8.42. The van der Waals surface area contributed by atoms with Crippen molar-refractivity contribution in [3.05, 3.63) is 0 Å². The van der Waals surface area contributed by atoms with Crippen molar-refractivity contribution < 1.29 is 14.6 Å². The first-order chi connectivity index (χ1) is 6.41. The van der Waals surface area contributed by atoms with E-state index >= 15 is 0 Å². The molecule has 0 aromatic rings. The van der Waals surface area contributed by atoms with E-state index in [1.165, 1.54) is 0 Å². The van der Waals surface area contributed by atoms with Crippen molar-refractivity contribution in [3.8, 4) is 0 Å².